The summed E-state index contributed by atoms with van der Waals surface area (Å²) in [6.07, 6.45) is 0.845. The van der Waals surface area contributed by atoms with Gasteiger partial charge in [0.05, 0.1) is 19.3 Å². The number of hydrogen-bond acceptors (Lipinski definition) is 3. The average Bonchev–Trinajstić information content (AvgIpc) is 2.43. The lowest BCUT2D eigenvalue weighted by Crippen LogP contribution is -2.39. The Labute approximate surface area is 122 Å². The zero-order valence-corrected chi connectivity index (χ0v) is 12.2. The van der Waals surface area contributed by atoms with Crippen LogP contribution in [0.5, 0.6) is 5.75 Å². The summed E-state index contributed by atoms with van der Waals surface area (Å²) in [6.45, 7) is 2.45. The third-order valence-electron chi connectivity index (χ3n) is 2.39. The molecule has 0 bridgehead atoms. The van der Waals surface area contributed by atoms with Gasteiger partial charge in [0.25, 0.3) is 0 Å². The molecular formula is C13H18ClN3O3. The Hall–Kier alpha value is -1.95. The number of amides is 3. The fourth-order valence-corrected chi connectivity index (χ4v) is 1.60. The number of ether oxygens (including phenoxy) is 1. The number of anilines is 1. The summed E-state index contributed by atoms with van der Waals surface area (Å²) in [4.78, 5) is 23.0. The molecule has 0 fully saturated rings. The second-order valence-corrected chi connectivity index (χ2v) is 4.44. The van der Waals surface area contributed by atoms with Crippen LogP contribution in [0.1, 0.15) is 13.3 Å². The highest BCUT2D eigenvalue weighted by Gasteiger charge is 2.09. The second-order valence-electron chi connectivity index (χ2n) is 4.00. The summed E-state index contributed by atoms with van der Waals surface area (Å²) in [5, 5.41) is 8.15. The van der Waals surface area contributed by atoms with Gasteiger partial charge in [0.1, 0.15) is 5.75 Å². The molecule has 6 nitrogen and oxygen atoms in total. The molecule has 0 saturated heterocycles. The van der Waals surface area contributed by atoms with Crippen molar-refractivity contribution >= 4 is 29.2 Å². The van der Waals surface area contributed by atoms with Crippen LogP contribution in [0.3, 0.4) is 0 Å². The predicted molar refractivity (Wildman–Crippen MR) is 78.3 cm³/mol. The van der Waals surface area contributed by atoms with Gasteiger partial charge in [0, 0.05) is 11.6 Å². The molecule has 1 rings (SSSR count). The van der Waals surface area contributed by atoms with Crippen molar-refractivity contribution in [3.8, 4) is 5.75 Å². The summed E-state index contributed by atoms with van der Waals surface area (Å²) >= 11 is 5.85. The van der Waals surface area contributed by atoms with Gasteiger partial charge >= 0.3 is 6.03 Å². The van der Waals surface area contributed by atoms with Gasteiger partial charge in [-0.3, -0.25) is 4.79 Å². The minimum Gasteiger partial charge on any atom is -0.495 e. The Morgan fingerprint density at radius 2 is 2.05 bits per heavy atom. The van der Waals surface area contributed by atoms with E-state index in [-0.39, 0.29) is 12.5 Å². The van der Waals surface area contributed by atoms with Crippen molar-refractivity contribution in [3.05, 3.63) is 23.2 Å². The van der Waals surface area contributed by atoms with Crippen LogP contribution in [-0.4, -0.2) is 32.1 Å². The highest BCUT2D eigenvalue weighted by molar-refractivity contribution is 6.31. The molecule has 7 heteroatoms. The molecule has 0 spiro atoms. The molecule has 3 amide bonds. The van der Waals surface area contributed by atoms with Gasteiger partial charge in [-0.1, -0.05) is 18.5 Å². The molecule has 0 aliphatic carbocycles. The summed E-state index contributed by atoms with van der Waals surface area (Å²) in [5.41, 5.74) is 0.437. The molecule has 1 aromatic carbocycles. The number of carbonyl (C=O) groups is 2. The van der Waals surface area contributed by atoms with E-state index in [1.165, 1.54) is 7.11 Å². The van der Waals surface area contributed by atoms with Crippen LogP contribution in [0.25, 0.3) is 0 Å². The van der Waals surface area contributed by atoms with E-state index in [4.69, 9.17) is 16.3 Å². The van der Waals surface area contributed by atoms with Crippen molar-refractivity contribution in [2.45, 2.75) is 13.3 Å². The van der Waals surface area contributed by atoms with E-state index in [0.29, 0.717) is 23.0 Å². The number of carbonyl (C=O) groups excluding carboxylic acids is 2. The lowest BCUT2D eigenvalue weighted by molar-refractivity contribution is -0.120. The number of nitrogens with one attached hydrogen (secondary N) is 3. The van der Waals surface area contributed by atoms with Crippen molar-refractivity contribution in [1.29, 1.82) is 0 Å². The largest absolute Gasteiger partial charge is 0.495 e. The maximum Gasteiger partial charge on any atom is 0.319 e. The first-order chi connectivity index (χ1) is 9.56. The normalized spacial score (nSPS) is 9.75. The Balaban J connectivity index is 2.50. The molecule has 0 aliphatic rings. The molecule has 0 atom stereocenters. The van der Waals surface area contributed by atoms with E-state index in [1.54, 1.807) is 18.2 Å². The first-order valence-corrected chi connectivity index (χ1v) is 6.59. The van der Waals surface area contributed by atoms with Crippen LogP contribution in [-0.2, 0) is 4.79 Å². The lowest BCUT2D eigenvalue weighted by Gasteiger charge is -2.11. The molecule has 0 unspecified atom stereocenters. The van der Waals surface area contributed by atoms with Crippen LogP contribution in [0.4, 0.5) is 10.5 Å². The van der Waals surface area contributed by atoms with Gasteiger partial charge in [-0.05, 0) is 24.6 Å². The molecule has 110 valence electrons. The summed E-state index contributed by atoms with van der Waals surface area (Å²) < 4.78 is 5.10. The monoisotopic (exact) mass is 299 g/mol. The predicted octanol–water partition coefficient (Wildman–Crippen LogP) is 2.00. The minimum atomic E-state index is -0.503. The summed E-state index contributed by atoms with van der Waals surface area (Å²) in [7, 11) is 1.49. The lowest BCUT2D eigenvalue weighted by atomic mass is 10.3. The topological polar surface area (TPSA) is 79.5 Å². The summed E-state index contributed by atoms with van der Waals surface area (Å²) in [6, 6.07) is 4.36. The SMILES string of the molecule is CCCNC(=O)CNC(=O)Nc1cc(Cl)ccc1OC. The maximum absolute atomic E-state index is 11.7. The number of rotatable bonds is 6. The molecule has 0 aromatic heterocycles. The first kappa shape index (κ1) is 16.1. The minimum absolute atomic E-state index is 0.0886. The zero-order valence-electron chi connectivity index (χ0n) is 11.5. The average molecular weight is 300 g/mol. The smallest absolute Gasteiger partial charge is 0.319 e. The van der Waals surface area contributed by atoms with Crippen LogP contribution < -0.4 is 20.7 Å². The van der Waals surface area contributed by atoms with Crippen molar-refractivity contribution in [1.82, 2.24) is 10.6 Å². The van der Waals surface area contributed by atoms with E-state index >= 15 is 0 Å². The van der Waals surface area contributed by atoms with Crippen molar-refractivity contribution in [2.24, 2.45) is 0 Å². The standard InChI is InChI=1S/C13H18ClN3O3/c1-3-6-15-12(18)8-16-13(19)17-10-7-9(14)4-5-11(10)20-2/h4-5,7H,3,6,8H2,1-2H3,(H,15,18)(H2,16,17,19). The number of urea groups is 1. The molecule has 20 heavy (non-hydrogen) atoms. The number of hydrogen-bond donors (Lipinski definition) is 3. The summed E-state index contributed by atoms with van der Waals surface area (Å²) in [5.74, 6) is 0.250. The Bertz CT molecular complexity index is 480. The number of halogens is 1. The van der Waals surface area contributed by atoms with Gasteiger partial charge in [0.2, 0.25) is 5.91 Å². The molecule has 1 aromatic rings. The van der Waals surface area contributed by atoms with Gasteiger partial charge < -0.3 is 20.7 Å². The number of methoxy groups -OCH3 is 1. The van der Waals surface area contributed by atoms with Gasteiger partial charge in [-0.2, -0.15) is 0 Å². The Morgan fingerprint density at radius 3 is 2.70 bits per heavy atom. The Morgan fingerprint density at radius 1 is 1.30 bits per heavy atom. The van der Waals surface area contributed by atoms with E-state index in [1.807, 2.05) is 6.92 Å². The highest BCUT2D eigenvalue weighted by Crippen LogP contribution is 2.27. The van der Waals surface area contributed by atoms with Gasteiger partial charge in [0.15, 0.2) is 0 Å². The van der Waals surface area contributed by atoms with E-state index < -0.39 is 6.03 Å². The fourth-order valence-electron chi connectivity index (χ4n) is 1.43. The van der Waals surface area contributed by atoms with Crippen molar-refractivity contribution < 1.29 is 14.3 Å². The van der Waals surface area contributed by atoms with Crippen molar-refractivity contribution in [2.75, 3.05) is 25.5 Å². The second kappa shape index (κ2) is 8.27. The van der Waals surface area contributed by atoms with Crippen LogP contribution in [0, 0.1) is 0 Å². The quantitative estimate of drug-likeness (QED) is 0.751. The third kappa shape index (κ3) is 5.36. The first-order valence-electron chi connectivity index (χ1n) is 6.22. The molecule has 0 saturated carbocycles. The molecule has 0 radical (unpaired) electrons. The molecule has 0 aliphatic heterocycles. The van der Waals surface area contributed by atoms with Gasteiger partial charge in [-0.15, -0.1) is 0 Å². The third-order valence-corrected chi connectivity index (χ3v) is 2.63. The van der Waals surface area contributed by atoms with Crippen molar-refractivity contribution in [3.63, 3.8) is 0 Å². The fraction of sp³-hybridized carbons (Fsp3) is 0.385. The van der Waals surface area contributed by atoms with Crippen LogP contribution in [0.2, 0.25) is 5.02 Å². The molecule has 3 N–H and O–H groups in total. The van der Waals surface area contributed by atoms with E-state index in [0.717, 1.165) is 6.42 Å². The van der Waals surface area contributed by atoms with E-state index in [9.17, 15) is 9.59 Å². The van der Waals surface area contributed by atoms with Crippen LogP contribution in [0.15, 0.2) is 18.2 Å². The zero-order chi connectivity index (χ0) is 15.0. The molecule has 0 heterocycles. The van der Waals surface area contributed by atoms with E-state index in [2.05, 4.69) is 16.0 Å². The molecular weight excluding hydrogens is 282 g/mol. The maximum atomic E-state index is 11.7. The van der Waals surface area contributed by atoms with Crippen LogP contribution >= 0.6 is 11.6 Å². The van der Waals surface area contributed by atoms with Gasteiger partial charge in [-0.25, -0.2) is 4.79 Å². The Kier molecular flexibility index (Phi) is 6.66. The highest BCUT2D eigenvalue weighted by atomic mass is 35.5. The number of benzene rings is 1.